The minimum atomic E-state index is -4.47. The molecule has 1 heterocycles. The molecule has 1 aromatic heterocycles. The number of carbonyl (C=O) groups is 1. The Bertz CT molecular complexity index is 984. The van der Waals surface area contributed by atoms with Crippen molar-refractivity contribution in [1.29, 1.82) is 0 Å². The summed E-state index contributed by atoms with van der Waals surface area (Å²) in [6, 6.07) is 18.0. The van der Waals surface area contributed by atoms with Gasteiger partial charge >= 0.3 is 12.1 Å². The number of ether oxygens (including phenoxy) is 1. The summed E-state index contributed by atoms with van der Waals surface area (Å²) in [7, 11) is 1.37. The highest BCUT2D eigenvalue weighted by molar-refractivity contribution is 8.00. The molecule has 0 aliphatic carbocycles. The van der Waals surface area contributed by atoms with Gasteiger partial charge in [-0.25, -0.2) is 0 Å². The topological polar surface area (TPSA) is 51.5 Å². The van der Waals surface area contributed by atoms with Crippen molar-refractivity contribution in [3.8, 4) is 11.1 Å². The van der Waals surface area contributed by atoms with Crippen LogP contribution in [0.15, 0.2) is 70.0 Å². The molecule has 0 atom stereocenters. The van der Waals surface area contributed by atoms with E-state index in [0.29, 0.717) is 6.54 Å². The largest absolute Gasteiger partial charge is 0.468 e. The first kappa shape index (κ1) is 22.0. The van der Waals surface area contributed by atoms with Crippen LogP contribution in [0.3, 0.4) is 0 Å². The van der Waals surface area contributed by atoms with Gasteiger partial charge in [-0.15, -0.1) is 11.8 Å². The van der Waals surface area contributed by atoms with Crippen LogP contribution >= 0.6 is 11.8 Å². The van der Waals surface area contributed by atoms with E-state index in [0.717, 1.165) is 27.7 Å². The normalized spacial score (nSPS) is 11.5. The molecular formula is C22H20F3NO3S. The molecule has 3 aromatic rings. The highest BCUT2D eigenvalue weighted by Crippen LogP contribution is 2.30. The molecule has 3 rings (SSSR count). The Morgan fingerprint density at radius 1 is 1.03 bits per heavy atom. The average molecular weight is 435 g/mol. The smallest absolute Gasteiger partial charge is 0.449 e. The molecule has 0 spiro atoms. The third kappa shape index (κ3) is 6.14. The van der Waals surface area contributed by atoms with Crippen LogP contribution in [0.25, 0.3) is 11.1 Å². The van der Waals surface area contributed by atoms with Gasteiger partial charge in [0.2, 0.25) is 5.76 Å². The maximum absolute atomic E-state index is 12.5. The fraction of sp³-hybridized carbons (Fsp3) is 0.227. The van der Waals surface area contributed by atoms with Gasteiger partial charge in [0.15, 0.2) is 0 Å². The van der Waals surface area contributed by atoms with Gasteiger partial charge in [-0.1, -0.05) is 36.4 Å². The Kier molecular flexibility index (Phi) is 7.23. The van der Waals surface area contributed by atoms with Crippen LogP contribution in [0.5, 0.6) is 0 Å². The molecule has 1 N–H and O–H groups in total. The summed E-state index contributed by atoms with van der Waals surface area (Å²) in [6.45, 7) is 0.703. The van der Waals surface area contributed by atoms with E-state index in [-0.39, 0.29) is 24.0 Å². The summed E-state index contributed by atoms with van der Waals surface area (Å²) >= 11 is 1.41. The molecule has 8 heteroatoms. The number of benzene rings is 2. The van der Waals surface area contributed by atoms with Crippen LogP contribution in [0.1, 0.15) is 17.1 Å². The van der Waals surface area contributed by atoms with Gasteiger partial charge in [0.05, 0.1) is 19.4 Å². The number of hydrogen-bond donors (Lipinski definition) is 1. The molecular weight excluding hydrogens is 415 g/mol. The van der Waals surface area contributed by atoms with E-state index in [1.165, 1.54) is 24.9 Å². The number of halogens is 3. The number of methoxy groups -OCH3 is 1. The van der Waals surface area contributed by atoms with E-state index >= 15 is 0 Å². The number of alkyl halides is 3. The van der Waals surface area contributed by atoms with Gasteiger partial charge in [-0.05, 0) is 41.0 Å². The van der Waals surface area contributed by atoms with Gasteiger partial charge in [0.25, 0.3) is 0 Å². The summed E-state index contributed by atoms with van der Waals surface area (Å²) in [4.78, 5) is 12.3. The van der Waals surface area contributed by atoms with Gasteiger partial charge in [-0.3, -0.25) is 4.79 Å². The number of furan rings is 1. The third-order valence-electron chi connectivity index (χ3n) is 4.28. The zero-order chi connectivity index (χ0) is 21.6. The van der Waals surface area contributed by atoms with E-state index in [1.807, 2.05) is 48.5 Å². The van der Waals surface area contributed by atoms with Crippen LogP contribution in [-0.2, 0) is 28.8 Å². The molecule has 158 valence electrons. The first-order valence-corrected chi connectivity index (χ1v) is 10.1. The van der Waals surface area contributed by atoms with Crippen molar-refractivity contribution in [2.45, 2.75) is 24.2 Å². The van der Waals surface area contributed by atoms with Crippen molar-refractivity contribution >= 4 is 17.7 Å². The zero-order valence-corrected chi connectivity index (χ0v) is 17.0. The zero-order valence-electron chi connectivity index (χ0n) is 16.2. The number of carbonyl (C=O) groups excluding carboxylic acids is 1. The van der Waals surface area contributed by atoms with Gasteiger partial charge in [0, 0.05) is 11.4 Å². The lowest BCUT2D eigenvalue weighted by molar-refractivity contribution is -0.153. The number of hydrogen-bond acceptors (Lipinski definition) is 5. The van der Waals surface area contributed by atoms with E-state index in [9.17, 15) is 18.0 Å². The predicted octanol–water partition coefficient (Wildman–Crippen LogP) is 5.52. The molecule has 0 saturated carbocycles. The second kappa shape index (κ2) is 9.86. The summed E-state index contributed by atoms with van der Waals surface area (Å²) in [5, 5.41) is 3.08. The van der Waals surface area contributed by atoms with E-state index in [4.69, 9.17) is 4.42 Å². The Hall–Kier alpha value is -2.71. The van der Waals surface area contributed by atoms with Crippen molar-refractivity contribution in [2.24, 2.45) is 0 Å². The maximum atomic E-state index is 12.5. The fourth-order valence-electron chi connectivity index (χ4n) is 2.74. The second-order valence-corrected chi connectivity index (χ2v) is 7.51. The molecule has 4 nitrogen and oxygen atoms in total. The Balaban J connectivity index is 1.55. The highest BCUT2D eigenvalue weighted by atomic mass is 32.2. The van der Waals surface area contributed by atoms with Crippen molar-refractivity contribution in [3.05, 3.63) is 77.7 Å². The molecule has 0 aliphatic heterocycles. The average Bonchev–Trinajstić information content (AvgIpc) is 3.22. The van der Waals surface area contributed by atoms with E-state index in [1.54, 1.807) is 0 Å². The van der Waals surface area contributed by atoms with E-state index < -0.39 is 11.9 Å². The van der Waals surface area contributed by atoms with Gasteiger partial charge in [0.1, 0.15) is 5.76 Å². The molecule has 2 aromatic carbocycles. The molecule has 30 heavy (non-hydrogen) atoms. The molecule has 0 aliphatic rings. The SMILES string of the molecule is COC(=O)CSc1cccc(-c2ccc(CNCc3ccc(C(F)(F)F)o3)cc2)c1. The minimum Gasteiger partial charge on any atom is -0.468 e. The summed E-state index contributed by atoms with van der Waals surface area (Å²) < 4.78 is 47.1. The van der Waals surface area contributed by atoms with Crippen molar-refractivity contribution in [2.75, 3.05) is 12.9 Å². The monoisotopic (exact) mass is 435 g/mol. The Morgan fingerprint density at radius 2 is 1.80 bits per heavy atom. The molecule has 0 radical (unpaired) electrons. The number of rotatable bonds is 8. The predicted molar refractivity (Wildman–Crippen MR) is 109 cm³/mol. The summed E-state index contributed by atoms with van der Waals surface area (Å²) in [6.07, 6.45) is -4.47. The Morgan fingerprint density at radius 3 is 2.47 bits per heavy atom. The molecule has 0 unspecified atom stereocenters. The fourth-order valence-corrected chi connectivity index (χ4v) is 3.52. The van der Waals surface area contributed by atoms with Crippen LogP contribution in [0.4, 0.5) is 13.2 Å². The lowest BCUT2D eigenvalue weighted by Crippen LogP contribution is -2.12. The minimum absolute atomic E-state index is 0.206. The van der Waals surface area contributed by atoms with Gasteiger partial charge < -0.3 is 14.5 Å². The van der Waals surface area contributed by atoms with Crippen LogP contribution in [-0.4, -0.2) is 18.8 Å². The van der Waals surface area contributed by atoms with Crippen LogP contribution < -0.4 is 5.32 Å². The molecule has 0 fully saturated rings. The summed E-state index contributed by atoms with van der Waals surface area (Å²) in [5.74, 6) is -0.771. The number of esters is 1. The van der Waals surface area contributed by atoms with Crippen molar-refractivity contribution in [3.63, 3.8) is 0 Å². The van der Waals surface area contributed by atoms with E-state index in [2.05, 4.69) is 10.1 Å². The maximum Gasteiger partial charge on any atom is 0.449 e. The summed E-state index contributed by atoms with van der Waals surface area (Å²) in [5.41, 5.74) is 3.05. The molecule has 0 amide bonds. The van der Waals surface area contributed by atoms with Crippen molar-refractivity contribution < 1.29 is 27.1 Å². The van der Waals surface area contributed by atoms with Crippen LogP contribution in [0.2, 0.25) is 0 Å². The number of nitrogens with one attached hydrogen (secondary N) is 1. The van der Waals surface area contributed by atoms with Gasteiger partial charge in [-0.2, -0.15) is 13.2 Å². The lowest BCUT2D eigenvalue weighted by atomic mass is 10.0. The first-order valence-electron chi connectivity index (χ1n) is 9.11. The van der Waals surface area contributed by atoms with Crippen LogP contribution in [0, 0.1) is 0 Å². The molecule has 0 bridgehead atoms. The third-order valence-corrected chi connectivity index (χ3v) is 5.24. The number of thioether (sulfide) groups is 1. The molecule has 0 saturated heterocycles. The standard InChI is InChI=1S/C22H20F3NO3S/c1-28-21(27)14-30-19-4-2-3-17(11-19)16-7-5-15(6-8-16)12-26-13-18-9-10-20(29-18)22(23,24)25/h2-11,26H,12-14H2,1H3. The van der Waals surface area contributed by atoms with Crippen molar-refractivity contribution in [1.82, 2.24) is 5.32 Å². The quantitative estimate of drug-likeness (QED) is 0.373. The first-order chi connectivity index (χ1) is 14.3. The lowest BCUT2D eigenvalue weighted by Gasteiger charge is -2.08. The Labute approximate surface area is 176 Å². The second-order valence-electron chi connectivity index (χ2n) is 6.46. The highest BCUT2D eigenvalue weighted by Gasteiger charge is 2.34.